The van der Waals surface area contributed by atoms with Gasteiger partial charge in [0.1, 0.15) is 16.0 Å². The SMILES string of the molecule is CCc1c(C(=O)Nc2scc3c2c(=O)oc2ccccc23)csc1C. The summed E-state index contributed by atoms with van der Waals surface area (Å²) in [5, 5.41) is 9.31. The molecule has 4 nitrogen and oxygen atoms in total. The quantitative estimate of drug-likeness (QED) is 0.505. The first kappa shape index (κ1) is 16.1. The van der Waals surface area contributed by atoms with Crippen molar-refractivity contribution in [3.05, 3.63) is 61.4 Å². The lowest BCUT2D eigenvalue weighted by Gasteiger charge is -2.05. The molecule has 4 rings (SSSR count). The van der Waals surface area contributed by atoms with E-state index in [1.807, 2.05) is 42.8 Å². The van der Waals surface area contributed by atoms with E-state index in [2.05, 4.69) is 5.32 Å². The number of para-hydroxylation sites is 1. The average Bonchev–Trinajstić information content (AvgIpc) is 3.19. The lowest BCUT2D eigenvalue weighted by atomic mass is 10.1. The van der Waals surface area contributed by atoms with Gasteiger partial charge in [-0.2, -0.15) is 0 Å². The summed E-state index contributed by atoms with van der Waals surface area (Å²) >= 11 is 2.91. The Balaban J connectivity index is 1.81. The lowest BCUT2D eigenvalue weighted by molar-refractivity contribution is 0.102. The molecular weight excluding hydrogens is 354 g/mol. The van der Waals surface area contributed by atoms with Crippen LogP contribution in [0.4, 0.5) is 5.00 Å². The molecule has 0 radical (unpaired) electrons. The van der Waals surface area contributed by atoms with Crippen LogP contribution in [-0.4, -0.2) is 5.91 Å². The molecule has 0 aliphatic heterocycles. The van der Waals surface area contributed by atoms with Gasteiger partial charge in [-0.25, -0.2) is 4.79 Å². The Kier molecular flexibility index (Phi) is 3.94. The highest BCUT2D eigenvalue weighted by Crippen LogP contribution is 2.34. The first-order chi connectivity index (χ1) is 12.1. The summed E-state index contributed by atoms with van der Waals surface area (Å²) in [7, 11) is 0. The fourth-order valence-electron chi connectivity index (χ4n) is 3.06. The van der Waals surface area contributed by atoms with Crippen molar-refractivity contribution in [1.29, 1.82) is 0 Å². The van der Waals surface area contributed by atoms with E-state index in [0.717, 1.165) is 27.6 Å². The summed E-state index contributed by atoms with van der Waals surface area (Å²) < 4.78 is 5.41. The zero-order valence-electron chi connectivity index (χ0n) is 13.7. The number of fused-ring (bicyclic) bond motifs is 3. The number of anilines is 1. The van der Waals surface area contributed by atoms with Crippen molar-refractivity contribution < 1.29 is 9.21 Å². The topological polar surface area (TPSA) is 59.3 Å². The van der Waals surface area contributed by atoms with E-state index >= 15 is 0 Å². The predicted octanol–water partition coefficient (Wildman–Crippen LogP) is 5.19. The molecule has 0 aliphatic carbocycles. The van der Waals surface area contributed by atoms with E-state index in [4.69, 9.17) is 4.42 Å². The number of thiophene rings is 2. The van der Waals surface area contributed by atoms with Crippen LogP contribution in [0.15, 0.2) is 44.2 Å². The summed E-state index contributed by atoms with van der Waals surface area (Å²) in [5.41, 5.74) is 1.86. The van der Waals surface area contributed by atoms with Crippen molar-refractivity contribution in [3.63, 3.8) is 0 Å². The van der Waals surface area contributed by atoms with Gasteiger partial charge in [0, 0.05) is 26.4 Å². The molecule has 1 amide bonds. The fraction of sp³-hybridized carbons (Fsp3) is 0.158. The number of amides is 1. The minimum Gasteiger partial charge on any atom is -0.422 e. The largest absolute Gasteiger partial charge is 0.422 e. The Hall–Kier alpha value is -2.44. The predicted molar refractivity (Wildman–Crippen MR) is 104 cm³/mol. The summed E-state index contributed by atoms with van der Waals surface area (Å²) in [6.45, 7) is 4.05. The van der Waals surface area contributed by atoms with E-state index in [0.29, 0.717) is 21.5 Å². The normalized spacial score (nSPS) is 11.3. The number of aryl methyl sites for hydroxylation is 1. The molecule has 0 unspecified atom stereocenters. The first-order valence-corrected chi connectivity index (χ1v) is 9.67. The summed E-state index contributed by atoms with van der Waals surface area (Å²) in [6.07, 6.45) is 0.802. The van der Waals surface area contributed by atoms with Crippen molar-refractivity contribution in [2.45, 2.75) is 20.3 Å². The third kappa shape index (κ3) is 2.58. The van der Waals surface area contributed by atoms with Gasteiger partial charge in [-0.15, -0.1) is 22.7 Å². The molecule has 25 heavy (non-hydrogen) atoms. The molecule has 0 aliphatic rings. The van der Waals surface area contributed by atoms with Gasteiger partial charge in [0.25, 0.3) is 5.91 Å². The fourth-order valence-corrected chi connectivity index (χ4v) is 4.94. The Morgan fingerprint density at radius 1 is 1.16 bits per heavy atom. The van der Waals surface area contributed by atoms with E-state index in [-0.39, 0.29) is 5.91 Å². The molecule has 0 atom stereocenters. The second kappa shape index (κ2) is 6.13. The Bertz CT molecular complexity index is 1170. The molecule has 0 bridgehead atoms. The molecule has 0 saturated heterocycles. The number of benzene rings is 1. The first-order valence-electron chi connectivity index (χ1n) is 7.91. The van der Waals surface area contributed by atoms with Crippen molar-refractivity contribution in [1.82, 2.24) is 0 Å². The number of hydrogen-bond acceptors (Lipinski definition) is 5. The van der Waals surface area contributed by atoms with E-state index in [1.54, 1.807) is 17.4 Å². The Morgan fingerprint density at radius 2 is 1.96 bits per heavy atom. The molecule has 0 saturated carbocycles. The van der Waals surface area contributed by atoms with Crippen LogP contribution in [0.3, 0.4) is 0 Å². The Labute approximate surface area is 151 Å². The number of rotatable bonds is 3. The molecule has 0 fully saturated rings. The zero-order chi connectivity index (χ0) is 17.6. The van der Waals surface area contributed by atoms with Gasteiger partial charge in [-0.3, -0.25) is 4.79 Å². The molecule has 0 spiro atoms. The standard InChI is InChI=1S/C19H15NO3S2/c1-3-11-10(2)24-9-14(11)17(21)20-18-16-13(8-25-18)12-6-4-5-7-15(12)23-19(16)22/h4-9H,3H2,1-2H3,(H,20,21). The van der Waals surface area contributed by atoms with E-state index in [9.17, 15) is 9.59 Å². The van der Waals surface area contributed by atoms with Gasteiger partial charge in [-0.05, 0) is 25.0 Å². The van der Waals surface area contributed by atoms with Crippen LogP contribution in [0, 0.1) is 6.92 Å². The smallest absolute Gasteiger partial charge is 0.347 e. The van der Waals surface area contributed by atoms with Gasteiger partial charge in [-0.1, -0.05) is 25.1 Å². The van der Waals surface area contributed by atoms with Crippen molar-refractivity contribution in [2.75, 3.05) is 5.32 Å². The van der Waals surface area contributed by atoms with Crippen molar-refractivity contribution >= 4 is 55.3 Å². The van der Waals surface area contributed by atoms with Gasteiger partial charge < -0.3 is 9.73 Å². The maximum Gasteiger partial charge on any atom is 0.347 e. The van der Waals surface area contributed by atoms with Gasteiger partial charge >= 0.3 is 5.63 Å². The van der Waals surface area contributed by atoms with Crippen molar-refractivity contribution in [3.8, 4) is 0 Å². The maximum atomic E-state index is 12.7. The maximum absolute atomic E-state index is 12.7. The van der Waals surface area contributed by atoms with Gasteiger partial charge in [0.2, 0.25) is 0 Å². The highest BCUT2D eigenvalue weighted by atomic mass is 32.1. The molecule has 6 heteroatoms. The monoisotopic (exact) mass is 369 g/mol. The summed E-state index contributed by atoms with van der Waals surface area (Å²) in [6, 6.07) is 7.42. The van der Waals surface area contributed by atoms with Crippen LogP contribution in [0.1, 0.15) is 27.7 Å². The van der Waals surface area contributed by atoms with Crippen LogP contribution in [-0.2, 0) is 6.42 Å². The lowest BCUT2D eigenvalue weighted by Crippen LogP contribution is -2.13. The molecule has 3 heterocycles. The molecule has 3 aromatic heterocycles. The van der Waals surface area contributed by atoms with Gasteiger partial charge in [0.05, 0.1) is 5.56 Å². The highest BCUT2D eigenvalue weighted by molar-refractivity contribution is 7.16. The van der Waals surface area contributed by atoms with Crippen LogP contribution < -0.4 is 10.9 Å². The summed E-state index contributed by atoms with van der Waals surface area (Å²) in [4.78, 5) is 26.3. The van der Waals surface area contributed by atoms with E-state index < -0.39 is 5.63 Å². The van der Waals surface area contributed by atoms with Crippen LogP contribution in [0.5, 0.6) is 0 Å². The number of hydrogen-bond donors (Lipinski definition) is 1. The highest BCUT2D eigenvalue weighted by Gasteiger charge is 2.19. The molecule has 1 N–H and O–H groups in total. The second-order valence-electron chi connectivity index (χ2n) is 5.73. The number of nitrogens with one attached hydrogen (secondary N) is 1. The average molecular weight is 369 g/mol. The second-order valence-corrected chi connectivity index (χ2v) is 7.69. The van der Waals surface area contributed by atoms with Crippen molar-refractivity contribution in [2.24, 2.45) is 0 Å². The Morgan fingerprint density at radius 3 is 2.76 bits per heavy atom. The minimum atomic E-state index is -0.428. The van der Waals surface area contributed by atoms with Crippen LogP contribution in [0.25, 0.3) is 21.7 Å². The molecule has 1 aromatic carbocycles. The molecular formula is C19H15NO3S2. The zero-order valence-corrected chi connectivity index (χ0v) is 15.3. The third-order valence-corrected chi connectivity index (χ3v) is 6.15. The number of carbonyl (C=O) groups excluding carboxylic acids is 1. The number of carbonyl (C=O) groups is 1. The molecule has 4 aromatic rings. The van der Waals surface area contributed by atoms with Crippen LogP contribution in [0.2, 0.25) is 0 Å². The van der Waals surface area contributed by atoms with Gasteiger partial charge in [0.15, 0.2) is 0 Å². The third-order valence-electron chi connectivity index (χ3n) is 4.30. The molecule has 126 valence electrons. The summed E-state index contributed by atoms with van der Waals surface area (Å²) in [5.74, 6) is -0.183. The minimum absolute atomic E-state index is 0.183. The van der Waals surface area contributed by atoms with Crippen LogP contribution >= 0.6 is 22.7 Å². The van der Waals surface area contributed by atoms with E-state index in [1.165, 1.54) is 11.3 Å².